The van der Waals surface area contributed by atoms with E-state index in [-0.39, 0.29) is 5.56 Å². The van der Waals surface area contributed by atoms with Gasteiger partial charge in [0.25, 0.3) is 0 Å². The number of hydrogen-bond acceptors (Lipinski definition) is 1. The molecule has 1 saturated carbocycles. The molecule has 1 fully saturated rings. The Hall–Kier alpha value is -1.10. The topological polar surface area (TPSA) is 20.2 Å². The zero-order chi connectivity index (χ0) is 13.3. The van der Waals surface area contributed by atoms with Gasteiger partial charge in [-0.3, -0.25) is 0 Å². The van der Waals surface area contributed by atoms with Crippen molar-refractivity contribution in [2.45, 2.75) is 43.9 Å². The summed E-state index contributed by atoms with van der Waals surface area (Å²) < 4.78 is 51.0. The second-order valence-corrected chi connectivity index (χ2v) is 4.73. The maximum atomic E-state index is 13.3. The van der Waals surface area contributed by atoms with Gasteiger partial charge in [-0.2, -0.15) is 13.2 Å². The molecule has 1 N–H and O–H groups in total. The maximum Gasteiger partial charge on any atom is 0.416 e. The van der Waals surface area contributed by atoms with Gasteiger partial charge in [0, 0.05) is 5.92 Å². The van der Waals surface area contributed by atoms with Gasteiger partial charge in [-0.05, 0) is 36.6 Å². The Labute approximate surface area is 102 Å². The van der Waals surface area contributed by atoms with Crippen molar-refractivity contribution >= 4 is 0 Å². The molecule has 1 aromatic rings. The monoisotopic (exact) mass is 262 g/mol. The van der Waals surface area contributed by atoms with Crippen LogP contribution >= 0.6 is 0 Å². The number of aliphatic hydroxyl groups is 1. The van der Waals surface area contributed by atoms with Crippen LogP contribution in [0, 0.1) is 5.82 Å². The molecular weight excluding hydrogens is 248 g/mol. The first kappa shape index (κ1) is 13.3. The fourth-order valence-corrected chi connectivity index (χ4v) is 2.49. The lowest BCUT2D eigenvalue weighted by molar-refractivity contribution is -0.137. The molecule has 0 unspecified atom stereocenters. The summed E-state index contributed by atoms with van der Waals surface area (Å²) in [5.74, 6) is -1.30. The zero-order valence-corrected chi connectivity index (χ0v) is 9.67. The van der Waals surface area contributed by atoms with E-state index in [2.05, 4.69) is 0 Å². The summed E-state index contributed by atoms with van der Waals surface area (Å²) in [5, 5.41) is 9.80. The maximum absolute atomic E-state index is 13.3. The average molecular weight is 262 g/mol. The fourth-order valence-electron chi connectivity index (χ4n) is 2.49. The van der Waals surface area contributed by atoms with Crippen molar-refractivity contribution in [3.05, 3.63) is 35.1 Å². The number of aliphatic hydroxyl groups excluding tert-OH is 1. The van der Waals surface area contributed by atoms with Gasteiger partial charge >= 0.3 is 6.18 Å². The third kappa shape index (κ3) is 2.83. The van der Waals surface area contributed by atoms with E-state index in [0.717, 1.165) is 25.0 Å². The van der Waals surface area contributed by atoms with Crippen LogP contribution in [0.4, 0.5) is 17.6 Å². The molecule has 1 aliphatic rings. The van der Waals surface area contributed by atoms with Crippen LogP contribution in [0.2, 0.25) is 0 Å². The van der Waals surface area contributed by atoms with E-state index in [1.807, 2.05) is 0 Å². The van der Waals surface area contributed by atoms with Crippen LogP contribution in [-0.4, -0.2) is 11.2 Å². The first-order valence-electron chi connectivity index (χ1n) is 5.93. The zero-order valence-electron chi connectivity index (χ0n) is 9.67. The minimum Gasteiger partial charge on any atom is -0.392 e. The molecule has 0 bridgehead atoms. The van der Waals surface area contributed by atoms with Gasteiger partial charge in [0.1, 0.15) is 5.82 Å². The van der Waals surface area contributed by atoms with Gasteiger partial charge in [-0.25, -0.2) is 4.39 Å². The standard InChI is InChI=1S/C13H14F4O/c14-10-6-8(5-9(7-10)13(15,16)17)11-3-1-2-4-12(11)18/h5-7,11-12,18H,1-4H2/t11-,12+/m1/s1. The molecule has 0 saturated heterocycles. The number of alkyl halides is 3. The lowest BCUT2D eigenvalue weighted by Gasteiger charge is -2.28. The van der Waals surface area contributed by atoms with Gasteiger partial charge in [0.15, 0.2) is 0 Å². The first-order chi connectivity index (χ1) is 8.38. The summed E-state index contributed by atoms with van der Waals surface area (Å²) in [7, 11) is 0. The van der Waals surface area contributed by atoms with Crippen LogP contribution in [0.15, 0.2) is 18.2 Å². The number of hydrogen-bond donors (Lipinski definition) is 1. The molecule has 100 valence electrons. The van der Waals surface area contributed by atoms with E-state index in [1.54, 1.807) is 0 Å². The molecule has 1 nitrogen and oxygen atoms in total. The van der Waals surface area contributed by atoms with Crippen molar-refractivity contribution in [2.75, 3.05) is 0 Å². The lowest BCUT2D eigenvalue weighted by atomic mass is 9.81. The predicted molar refractivity (Wildman–Crippen MR) is 58.6 cm³/mol. The quantitative estimate of drug-likeness (QED) is 0.762. The van der Waals surface area contributed by atoms with Crippen LogP contribution in [-0.2, 0) is 6.18 Å². The lowest BCUT2D eigenvalue weighted by Crippen LogP contribution is -2.23. The van der Waals surface area contributed by atoms with Crippen LogP contribution in [0.3, 0.4) is 0 Å². The van der Waals surface area contributed by atoms with Crippen LogP contribution in [0.1, 0.15) is 42.7 Å². The summed E-state index contributed by atoms with van der Waals surface area (Å²) in [4.78, 5) is 0. The minimum atomic E-state index is -4.56. The van der Waals surface area contributed by atoms with Crippen molar-refractivity contribution in [1.29, 1.82) is 0 Å². The van der Waals surface area contributed by atoms with E-state index >= 15 is 0 Å². The minimum absolute atomic E-state index is 0.245. The van der Waals surface area contributed by atoms with Crippen molar-refractivity contribution in [3.63, 3.8) is 0 Å². The van der Waals surface area contributed by atoms with Crippen molar-refractivity contribution in [3.8, 4) is 0 Å². The number of rotatable bonds is 1. The molecule has 0 radical (unpaired) electrons. The highest BCUT2D eigenvalue weighted by molar-refractivity contribution is 5.30. The number of benzene rings is 1. The highest BCUT2D eigenvalue weighted by atomic mass is 19.4. The molecule has 0 spiro atoms. The van der Waals surface area contributed by atoms with Crippen molar-refractivity contribution in [1.82, 2.24) is 0 Å². The van der Waals surface area contributed by atoms with Gasteiger partial charge < -0.3 is 5.11 Å². The normalized spacial score (nSPS) is 25.2. The molecule has 1 aromatic carbocycles. The van der Waals surface area contributed by atoms with Crippen molar-refractivity contribution in [2.24, 2.45) is 0 Å². The van der Waals surface area contributed by atoms with Gasteiger partial charge in [0.05, 0.1) is 11.7 Å². The summed E-state index contributed by atoms with van der Waals surface area (Å²) >= 11 is 0. The predicted octanol–water partition coefficient (Wildman–Crippen LogP) is 3.86. The van der Waals surface area contributed by atoms with Crippen LogP contribution < -0.4 is 0 Å². The second kappa shape index (κ2) is 4.88. The first-order valence-corrected chi connectivity index (χ1v) is 5.93. The molecule has 0 aromatic heterocycles. The Kier molecular flexibility index (Phi) is 3.61. The summed E-state index contributed by atoms with van der Waals surface area (Å²) in [6.45, 7) is 0. The largest absolute Gasteiger partial charge is 0.416 e. The summed E-state index contributed by atoms with van der Waals surface area (Å²) in [5.41, 5.74) is -0.746. The molecule has 2 atom stereocenters. The highest BCUT2D eigenvalue weighted by Gasteiger charge is 2.33. The van der Waals surface area contributed by atoms with E-state index in [4.69, 9.17) is 0 Å². The Morgan fingerprint density at radius 3 is 2.33 bits per heavy atom. The van der Waals surface area contributed by atoms with Crippen LogP contribution in [0.25, 0.3) is 0 Å². The molecule has 0 heterocycles. The molecule has 18 heavy (non-hydrogen) atoms. The summed E-state index contributed by atoms with van der Waals surface area (Å²) in [6.07, 6.45) is -2.37. The molecule has 1 aliphatic carbocycles. The van der Waals surface area contributed by atoms with Crippen molar-refractivity contribution < 1.29 is 22.7 Å². The molecular formula is C13H14F4O. The van der Waals surface area contributed by atoms with Gasteiger partial charge in [-0.1, -0.05) is 12.8 Å². The van der Waals surface area contributed by atoms with Gasteiger partial charge in [-0.15, -0.1) is 0 Å². The third-order valence-corrected chi connectivity index (χ3v) is 3.41. The SMILES string of the molecule is O[C@H]1CCCC[C@@H]1c1cc(F)cc(C(F)(F)F)c1. The second-order valence-electron chi connectivity index (χ2n) is 4.73. The van der Waals surface area contributed by atoms with Gasteiger partial charge in [0.2, 0.25) is 0 Å². The number of halogens is 4. The third-order valence-electron chi connectivity index (χ3n) is 3.41. The smallest absolute Gasteiger partial charge is 0.392 e. The van der Waals surface area contributed by atoms with E-state index < -0.39 is 29.6 Å². The fraction of sp³-hybridized carbons (Fsp3) is 0.538. The Morgan fingerprint density at radius 2 is 1.72 bits per heavy atom. The Bertz CT molecular complexity index is 427. The highest BCUT2D eigenvalue weighted by Crippen LogP contribution is 2.37. The van der Waals surface area contributed by atoms with Crippen LogP contribution in [0.5, 0.6) is 0 Å². The Morgan fingerprint density at radius 1 is 1.06 bits per heavy atom. The molecule has 2 rings (SSSR count). The molecule has 5 heteroatoms. The molecule has 0 aliphatic heterocycles. The van der Waals surface area contributed by atoms with E-state index in [1.165, 1.54) is 0 Å². The average Bonchev–Trinajstić information content (AvgIpc) is 2.27. The summed E-state index contributed by atoms with van der Waals surface area (Å²) in [6, 6.07) is 2.52. The van der Waals surface area contributed by atoms with E-state index in [9.17, 15) is 22.7 Å². The van der Waals surface area contributed by atoms with E-state index in [0.29, 0.717) is 18.9 Å². The Balaban J connectivity index is 2.35. The molecule has 0 amide bonds.